The predicted octanol–water partition coefficient (Wildman–Crippen LogP) is 4.46. The van der Waals surface area contributed by atoms with E-state index in [0.717, 1.165) is 40.4 Å². The van der Waals surface area contributed by atoms with Crippen LogP contribution < -0.4 is 0 Å². The maximum absolute atomic E-state index is 13.5. The van der Waals surface area contributed by atoms with Crippen molar-refractivity contribution in [3.63, 3.8) is 0 Å². The molecular formula is C26H28F3N3O5S. The van der Waals surface area contributed by atoms with E-state index < -0.39 is 33.6 Å². The van der Waals surface area contributed by atoms with Crippen molar-refractivity contribution in [2.45, 2.75) is 43.9 Å². The number of carbonyl (C=O) groups is 1. The van der Waals surface area contributed by atoms with E-state index in [1.165, 1.54) is 10.4 Å². The Labute approximate surface area is 218 Å². The van der Waals surface area contributed by atoms with E-state index in [4.69, 9.17) is 4.74 Å². The molecule has 1 aromatic heterocycles. The number of benzene rings is 2. The minimum absolute atomic E-state index is 0.0146. The Bertz CT molecular complexity index is 1390. The van der Waals surface area contributed by atoms with Crippen LogP contribution in [0.25, 0.3) is 10.9 Å². The van der Waals surface area contributed by atoms with Gasteiger partial charge < -0.3 is 4.74 Å². The molecule has 1 unspecified atom stereocenters. The summed E-state index contributed by atoms with van der Waals surface area (Å²) in [6.45, 7) is 1.69. The summed E-state index contributed by atoms with van der Waals surface area (Å²) in [6.07, 6.45) is -4.12. The van der Waals surface area contributed by atoms with E-state index in [-0.39, 0.29) is 36.2 Å². The highest BCUT2D eigenvalue weighted by molar-refractivity contribution is 7.89. The predicted molar refractivity (Wildman–Crippen MR) is 134 cm³/mol. The number of aryl methyl sites for hydroxylation is 1. The lowest BCUT2D eigenvalue weighted by atomic mass is 10.1. The van der Waals surface area contributed by atoms with Crippen molar-refractivity contribution in [3.05, 3.63) is 77.0 Å². The molecule has 4 rings (SSSR count). The van der Waals surface area contributed by atoms with Gasteiger partial charge in [-0.1, -0.05) is 36.4 Å². The molecule has 1 amide bonds. The second-order valence-electron chi connectivity index (χ2n) is 9.23. The van der Waals surface area contributed by atoms with Crippen molar-refractivity contribution in [2.24, 2.45) is 0 Å². The van der Waals surface area contributed by atoms with E-state index in [1.54, 1.807) is 0 Å². The van der Waals surface area contributed by atoms with Gasteiger partial charge in [-0.15, -0.1) is 0 Å². The van der Waals surface area contributed by atoms with Gasteiger partial charge >= 0.3 is 6.18 Å². The first kappa shape index (κ1) is 28.0. The SMILES string of the molecule is Cc1cc(COC2CCN(S(=O)(=O)C(CN(O)C=O)c3cccc(C(F)(F)F)c3)CC2)c2ccccc2n1. The van der Waals surface area contributed by atoms with Gasteiger partial charge in [0, 0.05) is 24.2 Å². The molecule has 2 heterocycles. The Morgan fingerprint density at radius 3 is 2.55 bits per heavy atom. The number of rotatable bonds is 9. The van der Waals surface area contributed by atoms with E-state index in [2.05, 4.69) is 4.98 Å². The summed E-state index contributed by atoms with van der Waals surface area (Å²) < 4.78 is 74.1. The smallest absolute Gasteiger partial charge is 0.373 e. The van der Waals surface area contributed by atoms with Crippen LogP contribution in [0.1, 0.15) is 40.5 Å². The number of nitrogens with zero attached hydrogens (tertiary/aromatic N) is 3. The van der Waals surface area contributed by atoms with Crippen LogP contribution >= 0.6 is 0 Å². The molecule has 3 aromatic rings. The molecule has 2 aromatic carbocycles. The standard InChI is InChI=1S/C26H28F3N3O5S/c1-18-13-20(23-7-2-3-8-24(23)30-18)16-37-22-9-11-32(12-10-22)38(35,36)25(15-31(34)17-33)19-5-4-6-21(14-19)26(27,28)29/h2-8,13-14,17,22,25,34H,9-12,15-16H2,1H3. The molecule has 0 spiro atoms. The average Bonchev–Trinajstić information content (AvgIpc) is 2.89. The lowest BCUT2D eigenvalue weighted by Gasteiger charge is -2.34. The number of aromatic nitrogens is 1. The summed E-state index contributed by atoms with van der Waals surface area (Å²) in [5, 5.41) is 9.25. The number of sulfonamides is 1. The Balaban J connectivity index is 1.47. The third-order valence-corrected chi connectivity index (χ3v) is 8.81. The molecule has 0 saturated carbocycles. The molecular weight excluding hydrogens is 523 g/mol. The lowest BCUT2D eigenvalue weighted by molar-refractivity contribution is -0.149. The molecule has 8 nitrogen and oxygen atoms in total. The van der Waals surface area contributed by atoms with Gasteiger partial charge in [-0.05, 0) is 49.1 Å². The molecule has 1 fully saturated rings. The van der Waals surface area contributed by atoms with Crippen molar-refractivity contribution in [2.75, 3.05) is 19.6 Å². The van der Waals surface area contributed by atoms with Crippen molar-refractivity contribution in [3.8, 4) is 0 Å². The highest BCUT2D eigenvalue weighted by Crippen LogP contribution is 2.34. The van der Waals surface area contributed by atoms with Gasteiger partial charge in [-0.2, -0.15) is 13.2 Å². The molecule has 12 heteroatoms. The number of hydrogen-bond donors (Lipinski definition) is 1. The minimum Gasteiger partial charge on any atom is -0.373 e. The molecule has 204 valence electrons. The van der Waals surface area contributed by atoms with Gasteiger partial charge in [0.1, 0.15) is 5.25 Å². The molecule has 0 bridgehead atoms. The summed E-state index contributed by atoms with van der Waals surface area (Å²) in [4.78, 5) is 15.5. The summed E-state index contributed by atoms with van der Waals surface area (Å²) in [7, 11) is -4.23. The second kappa shape index (κ2) is 11.4. The molecule has 1 atom stereocenters. The summed E-state index contributed by atoms with van der Waals surface area (Å²) in [5.74, 6) is 0. The molecule has 0 radical (unpaired) electrons. The fourth-order valence-electron chi connectivity index (χ4n) is 4.65. The van der Waals surface area contributed by atoms with Crippen LogP contribution in [0, 0.1) is 6.92 Å². The molecule has 1 N–H and O–H groups in total. The van der Waals surface area contributed by atoms with Crippen LogP contribution in [-0.2, 0) is 32.3 Å². The largest absolute Gasteiger partial charge is 0.416 e. The molecule has 1 aliphatic rings. The zero-order valence-electron chi connectivity index (χ0n) is 20.6. The van der Waals surface area contributed by atoms with Gasteiger partial charge in [-0.25, -0.2) is 17.8 Å². The van der Waals surface area contributed by atoms with E-state index in [0.29, 0.717) is 19.4 Å². The third kappa shape index (κ3) is 6.32. The van der Waals surface area contributed by atoms with Gasteiger partial charge in [0.15, 0.2) is 0 Å². The van der Waals surface area contributed by atoms with E-state index >= 15 is 0 Å². The first-order chi connectivity index (χ1) is 18.0. The zero-order valence-corrected chi connectivity index (χ0v) is 21.5. The maximum atomic E-state index is 13.5. The van der Waals surface area contributed by atoms with Gasteiger partial charge in [0.25, 0.3) is 0 Å². The van der Waals surface area contributed by atoms with Crippen LogP contribution in [0.15, 0.2) is 54.6 Å². The summed E-state index contributed by atoms with van der Waals surface area (Å²) in [6, 6.07) is 13.6. The first-order valence-electron chi connectivity index (χ1n) is 12.0. The number of ether oxygens (including phenoxy) is 1. The van der Waals surface area contributed by atoms with Crippen LogP contribution in [0.3, 0.4) is 0 Å². The van der Waals surface area contributed by atoms with Crippen molar-refractivity contribution >= 4 is 27.3 Å². The van der Waals surface area contributed by atoms with Crippen molar-refractivity contribution in [1.29, 1.82) is 0 Å². The molecule has 1 saturated heterocycles. The summed E-state index contributed by atoms with van der Waals surface area (Å²) >= 11 is 0. The van der Waals surface area contributed by atoms with Crippen LogP contribution in [-0.4, -0.2) is 60.1 Å². The molecule has 0 aliphatic carbocycles. The molecule has 1 aliphatic heterocycles. The maximum Gasteiger partial charge on any atom is 0.416 e. The highest BCUT2D eigenvalue weighted by atomic mass is 32.2. The average molecular weight is 552 g/mol. The van der Waals surface area contributed by atoms with Gasteiger partial charge in [0.2, 0.25) is 16.4 Å². The van der Waals surface area contributed by atoms with E-state index in [1.807, 2.05) is 37.3 Å². The van der Waals surface area contributed by atoms with Crippen LogP contribution in [0.2, 0.25) is 0 Å². The first-order valence-corrected chi connectivity index (χ1v) is 13.5. The zero-order chi connectivity index (χ0) is 27.5. The number of piperidine rings is 1. The Hall–Kier alpha value is -3.06. The van der Waals surface area contributed by atoms with Crippen LogP contribution in [0.4, 0.5) is 13.2 Å². The normalized spacial score (nSPS) is 16.4. The lowest BCUT2D eigenvalue weighted by Crippen LogP contribution is -2.44. The number of hydroxylamine groups is 2. The minimum atomic E-state index is -4.68. The van der Waals surface area contributed by atoms with Crippen LogP contribution in [0.5, 0.6) is 0 Å². The Kier molecular flexibility index (Phi) is 8.36. The van der Waals surface area contributed by atoms with Gasteiger partial charge in [0.05, 0.1) is 30.3 Å². The summed E-state index contributed by atoms with van der Waals surface area (Å²) in [5.41, 5.74) is 1.51. The van der Waals surface area contributed by atoms with E-state index in [9.17, 15) is 31.6 Å². The fraction of sp³-hybridized carbons (Fsp3) is 0.385. The monoisotopic (exact) mass is 551 g/mol. The quantitative estimate of drug-likeness (QED) is 0.240. The fourth-order valence-corrected chi connectivity index (χ4v) is 6.57. The topological polar surface area (TPSA) is 100 Å². The number of amides is 1. The number of alkyl halides is 3. The highest BCUT2D eigenvalue weighted by Gasteiger charge is 2.38. The van der Waals surface area contributed by atoms with Gasteiger partial charge in [-0.3, -0.25) is 15.0 Å². The Morgan fingerprint density at radius 1 is 1.16 bits per heavy atom. The number of carbonyl (C=O) groups excluding carboxylic acids is 1. The number of pyridine rings is 1. The number of hydrogen-bond acceptors (Lipinski definition) is 6. The third-order valence-electron chi connectivity index (χ3n) is 6.59. The number of fused-ring (bicyclic) bond motifs is 1. The van der Waals surface area contributed by atoms with Crippen molar-refractivity contribution in [1.82, 2.24) is 14.4 Å². The number of para-hydroxylation sites is 1. The Morgan fingerprint density at radius 2 is 1.87 bits per heavy atom. The van der Waals surface area contributed by atoms with Crippen molar-refractivity contribution < 1.29 is 36.3 Å². The molecule has 38 heavy (non-hydrogen) atoms. The number of halogens is 3. The second-order valence-corrected chi connectivity index (χ2v) is 11.3.